The van der Waals surface area contributed by atoms with Gasteiger partial charge in [0.15, 0.2) is 0 Å². The van der Waals surface area contributed by atoms with Gasteiger partial charge in [-0.15, -0.1) is 0 Å². The van der Waals surface area contributed by atoms with E-state index in [1.165, 1.54) is 18.9 Å². The van der Waals surface area contributed by atoms with Gasteiger partial charge in [-0.05, 0) is 43.9 Å². The maximum Gasteiger partial charge on any atom is 0.335 e. The summed E-state index contributed by atoms with van der Waals surface area (Å²) in [5.41, 5.74) is 7.71. The molecule has 1 saturated carbocycles. The van der Waals surface area contributed by atoms with Crippen LogP contribution in [0.1, 0.15) is 30.1 Å². The van der Waals surface area contributed by atoms with Crippen molar-refractivity contribution in [2.24, 2.45) is 5.92 Å². The van der Waals surface area contributed by atoms with Crippen LogP contribution in [0.2, 0.25) is 0 Å². The molecule has 0 heterocycles. The Morgan fingerprint density at radius 1 is 1.55 bits per heavy atom. The van der Waals surface area contributed by atoms with Crippen molar-refractivity contribution >= 4 is 17.3 Å². The maximum atomic E-state index is 11.1. The predicted octanol–water partition coefficient (Wildman–Crippen LogP) is 2.22. The van der Waals surface area contributed by atoms with Crippen LogP contribution in [-0.4, -0.2) is 37.4 Å². The lowest BCUT2D eigenvalue weighted by Crippen LogP contribution is -2.37. The molecule has 1 fully saturated rings. The van der Waals surface area contributed by atoms with Crippen molar-refractivity contribution in [3.05, 3.63) is 23.8 Å². The van der Waals surface area contributed by atoms with Gasteiger partial charge >= 0.3 is 5.97 Å². The monoisotopic (exact) mass is 278 g/mol. The first kappa shape index (κ1) is 14.7. The molecule has 0 bridgehead atoms. The minimum absolute atomic E-state index is 0.264. The van der Waals surface area contributed by atoms with Crippen molar-refractivity contribution in [3.63, 3.8) is 0 Å². The molecular weight excluding hydrogens is 256 g/mol. The molecule has 0 radical (unpaired) electrons. The van der Waals surface area contributed by atoms with E-state index in [4.69, 9.17) is 15.6 Å². The van der Waals surface area contributed by atoms with Crippen molar-refractivity contribution in [1.82, 2.24) is 0 Å². The normalized spacial score (nSPS) is 15.9. The Hall–Kier alpha value is -1.75. The molecule has 0 amide bonds. The Balaban J connectivity index is 2.30. The molecule has 0 saturated heterocycles. The molecule has 20 heavy (non-hydrogen) atoms. The number of hydrogen-bond donors (Lipinski definition) is 2. The van der Waals surface area contributed by atoms with E-state index < -0.39 is 5.97 Å². The quantitative estimate of drug-likeness (QED) is 0.748. The highest BCUT2D eigenvalue weighted by atomic mass is 16.5. The highest BCUT2D eigenvalue weighted by Crippen LogP contribution is 2.38. The zero-order valence-electron chi connectivity index (χ0n) is 12.0. The summed E-state index contributed by atoms with van der Waals surface area (Å²) in [4.78, 5) is 13.3. The number of rotatable bonds is 7. The van der Waals surface area contributed by atoms with E-state index in [0.29, 0.717) is 30.8 Å². The van der Waals surface area contributed by atoms with Crippen LogP contribution < -0.4 is 10.6 Å². The number of anilines is 2. The average molecular weight is 278 g/mol. The van der Waals surface area contributed by atoms with Crippen molar-refractivity contribution in [3.8, 4) is 0 Å². The van der Waals surface area contributed by atoms with E-state index in [1.54, 1.807) is 19.2 Å². The van der Waals surface area contributed by atoms with Crippen LogP contribution in [0.3, 0.4) is 0 Å². The number of carboxylic acid groups (broad SMARTS) is 1. The number of ether oxygens (including phenoxy) is 1. The third kappa shape index (κ3) is 3.22. The van der Waals surface area contributed by atoms with Crippen molar-refractivity contribution in [2.45, 2.75) is 25.8 Å². The van der Waals surface area contributed by atoms with Gasteiger partial charge in [-0.2, -0.15) is 0 Å². The molecule has 1 aliphatic carbocycles. The van der Waals surface area contributed by atoms with Crippen molar-refractivity contribution in [2.75, 3.05) is 30.9 Å². The van der Waals surface area contributed by atoms with Crippen LogP contribution in [0, 0.1) is 5.92 Å². The molecule has 1 aliphatic rings. The third-order valence-electron chi connectivity index (χ3n) is 3.92. The molecule has 5 nitrogen and oxygen atoms in total. The largest absolute Gasteiger partial charge is 0.478 e. The minimum atomic E-state index is -0.933. The first-order chi connectivity index (χ1) is 9.54. The van der Waals surface area contributed by atoms with Gasteiger partial charge in [0.2, 0.25) is 0 Å². The number of hydrogen-bond acceptors (Lipinski definition) is 4. The zero-order valence-corrected chi connectivity index (χ0v) is 12.0. The van der Waals surface area contributed by atoms with Gasteiger partial charge in [0.05, 0.1) is 23.5 Å². The van der Waals surface area contributed by atoms with Crippen LogP contribution in [0.4, 0.5) is 11.4 Å². The Kier molecular flexibility index (Phi) is 4.49. The molecule has 0 spiro atoms. The second kappa shape index (κ2) is 6.13. The van der Waals surface area contributed by atoms with Crippen LogP contribution in [0.5, 0.6) is 0 Å². The smallest absolute Gasteiger partial charge is 0.335 e. The number of nitrogens with two attached hydrogens (primary N) is 1. The highest BCUT2D eigenvalue weighted by Gasteiger charge is 2.32. The van der Waals surface area contributed by atoms with Crippen LogP contribution >= 0.6 is 0 Å². The molecule has 1 aromatic rings. The molecule has 0 aromatic heterocycles. The van der Waals surface area contributed by atoms with E-state index >= 15 is 0 Å². The lowest BCUT2D eigenvalue weighted by molar-refractivity contribution is 0.0697. The van der Waals surface area contributed by atoms with Crippen LogP contribution in [0.15, 0.2) is 18.2 Å². The molecule has 1 unspecified atom stereocenters. The molecule has 2 rings (SSSR count). The standard InChI is InChI=1S/C15H22N2O3/c1-10(11-3-4-11)17(7-8-20-2)14-9-12(15(18)19)5-6-13(14)16/h5-6,9-11H,3-4,7-8,16H2,1-2H3,(H,18,19). The zero-order chi connectivity index (χ0) is 14.7. The van der Waals surface area contributed by atoms with E-state index in [-0.39, 0.29) is 5.56 Å². The van der Waals surface area contributed by atoms with Gasteiger partial charge in [-0.1, -0.05) is 0 Å². The summed E-state index contributed by atoms with van der Waals surface area (Å²) >= 11 is 0. The van der Waals surface area contributed by atoms with Crippen molar-refractivity contribution in [1.29, 1.82) is 0 Å². The number of carboxylic acids is 1. The fourth-order valence-electron chi connectivity index (χ4n) is 2.49. The molecule has 1 atom stereocenters. The maximum absolute atomic E-state index is 11.1. The first-order valence-electron chi connectivity index (χ1n) is 6.93. The summed E-state index contributed by atoms with van der Waals surface area (Å²) < 4.78 is 5.16. The fraction of sp³-hybridized carbons (Fsp3) is 0.533. The first-order valence-corrected chi connectivity index (χ1v) is 6.93. The van der Waals surface area contributed by atoms with Crippen LogP contribution in [0.25, 0.3) is 0 Å². The minimum Gasteiger partial charge on any atom is -0.478 e. The number of carbonyl (C=O) groups is 1. The van der Waals surface area contributed by atoms with Gasteiger partial charge in [-0.25, -0.2) is 4.79 Å². The van der Waals surface area contributed by atoms with E-state index in [0.717, 1.165) is 5.69 Å². The summed E-state index contributed by atoms with van der Waals surface area (Å²) in [6, 6.07) is 5.21. The highest BCUT2D eigenvalue weighted by molar-refractivity contribution is 5.90. The molecule has 1 aromatic carbocycles. The van der Waals surface area contributed by atoms with E-state index in [2.05, 4.69) is 11.8 Å². The summed E-state index contributed by atoms with van der Waals surface area (Å²) in [7, 11) is 1.66. The molecular formula is C15H22N2O3. The Morgan fingerprint density at radius 2 is 2.25 bits per heavy atom. The predicted molar refractivity (Wildman–Crippen MR) is 79.2 cm³/mol. The van der Waals surface area contributed by atoms with E-state index in [1.807, 2.05) is 0 Å². The molecule has 3 N–H and O–H groups in total. The van der Waals surface area contributed by atoms with E-state index in [9.17, 15) is 4.79 Å². The van der Waals surface area contributed by atoms with Crippen molar-refractivity contribution < 1.29 is 14.6 Å². The number of aromatic carboxylic acids is 1. The second-order valence-electron chi connectivity index (χ2n) is 5.34. The van der Waals surface area contributed by atoms with Gasteiger partial charge in [0.1, 0.15) is 0 Å². The van der Waals surface area contributed by atoms with Gasteiger partial charge in [0, 0.05) is 19.7 Å². The van der Waals surface area contributed by atoms with Gasteiger partial charge in [-0.3, -0.25) is 0 Å². The summed E-state index contributed by atoms with van der Waals surface area (Å²) in [5.74, 6) is -0.267. The number of methoxy groups -OCH3 is 1. The Morgan fingerprint density at radius 3 is 2.80 bits per heavy atom. The third-order valence-corrected chi connectivity index (χ3v) is 3.92. The Bertz CT molecular complexity index is 486. The number of nitrogens with zero attached hydrogens (tertiary/aromatic N) is 1. The molecule has 5 heteroatoms. The van der Waals surface area contributed by atoms with Gasteiger partial charge < -0.3 is 20.5 Å². The lowest BCUT2D eigenvalue weighted by Gasteiger charge is -2.32. The average Bonchev–Trinajstić information content (AvgIpc) is 3.24. The number of nitrogen functional groups attached to an aromatic ring is 1. The summed E-state index contributed by atoms with van der Waals surface area (Å²) in [5, 5.41) is 9.13. The lowest BCUT2D eigenvalue weighted by atomic mass is 10.1. The number of benzene rings is 1. The fourth-order valence-corrected chi connectivity index (χ4v) is 2.49. The second-order valence-corrected chi connectivity index (χ2v) is 5.34. The van der Waals surface area contributed by atoms with Crippen LogP contribution in [-0.2, 0) is 4.74 Å². The topological polar surface area (TPSA) is 75.8 Å². The summed E-state index contributed by atoms with van der Waals surface area (Å²) in [6.07, 6.45) is 2.45. The van der Waals surface area contributed by atoms with Gasteiger partial charge in [0.25, 0.3) is 0 Å². The Labute approximate surface area is 119 Å². The molecule has 110 valence electrons. The SMILES string of the molecule is COCCN(c1cc(C(=O)O)ccc1N)C(C)C1CC1. The summed E-state index contributed by atoms with van der Waals surface area (Å²) in [6.45, 7) is 3.47. The molecule has 0 aliphatic heterocycles.